The number of carbonyl (C=O) groups is 1. The third-order valence-corrected chi connectivity index (χ3v) is 4.12. The molecule has 104 valence electrons. The number of aliphatic hydroxyl groups excluding tert-OH is 1. The molecule has 0 saturated heterocycles. The molecule has 1 aliphatic carbocycles. The van der Waals surface area contributed by atoms with Crippen LogP contribution < -0.4 is 11.1 Å². The monoisotopic (exact) mass is 280 g/mol. The van der Waals surface area contributed by atoms with E-state index in [1.807, 2.05) is 30.5 Å². The number of hydrogen-bond donors (Lipinski definition) is 3. The zero-order chi connectivity index (χ0) is 13.8. The first-order chi connectivity index (χ1) is 9.13. The maximum absolute atomic E-state index is 12.0. The normalized spacial score (nSPS) is 22.9. The fourth-order valence-corrected chi connectivity index (χ4v) is 2.87. The van der Waals surface area contributed by atoms with Crippen LogP contribution in [0.2, 0.25) is 0 Å². The highest BCUT2D eigenvalue weighted by molar-refractivity contribution is 7.98. The molecule has 0 heterocycles. The summed E-state index contributed by atoms with van der Waals surface area (Å²) in [5.74, 6) is 0.674. The molecule has 1 amide bonds. The average molecular weight is 280 g/mol. The number of nitrogens with one attached hydrogen (secondary N) is 1. The van der Waals surface area contributed by atoms with Crippen LogP contribution in [-0.2, 0) is 11.2 Å². The summed E-state index contributed by atoms with van der Waals surface area (Å²) >= 11 is 1.67. The molecule has 4 N–H and O–H groups in total. The van der Waals surface area contributed by atoms with Crippen LogP contribution in [0, 0.1) is 0 Å². The number of hydrogen-bond acceptors (Lipinski definition) is 4. The Balaban J connectivity index is 2.01. The van der Waals surface area contributed by atoms with E-state index in [1.165, 1.54) is 0 Å². The van der Waals surface area contributed by atoms with Crippen molar-refractivity contribution in [3.05, 3.63) is 35.4 Å². The minimum absolute atomic E-state index is 0.185. The van der Waals surface area contributed by atoms with Gasteiger partial charge < -0.3 is 16.2 Å². The quantitative estimate of drug-likeness (QED) is 0.747. The van der Waals surface area contributed by atoms with Crippen molar-refractivity contribution in [2.75, 3.05) is 12.0 Å². The third-order valence-electron chi connectivity index (χ3n) is 3.47. The number of carbonyl (C=O) groups excluding carboxylic acids is 1. The molecule has 5 heteroatoms. The third kappa shape index (κ3) is 3.29. The van der Waals surface area contributed by atoms with Gasteiger partial charge in [-0.05, 0) is 29.6 Å². The minimum Gasteiger partial charge on any atom is -0.390 e. The summed E-state index contributed by atoms with van der Waals surface area (Å²) in [7, 11) is 0. The lowest BCUT2D eigenvalue weighted by Gasteiger charge is -2.20. The summed E-state index contributed by atoms with van der Waals surface area (Å²) in [5.41, 5.74) is 7.94. The van der Waals surface area contributed by atoms with Crippen molar-refractivity contribution in [1.29, 1.82) is 0 Å². The first kappa shape index (κ1) is 14.4. The molecule has 4 nitrogen and oxygen atoms in total. The average Bonchev–Trinajstić information content (AvgIpc) is 2.72. The highest BCUT2D eigenvalue weighted by atomic mass is 32.2. The molecule has 0 aliphatic heterocycles. The first-order valence-electron chi connectivity index (χ1n) is 6.44. The van der Waals surface area contributed by atoms with Crippen molar-refractivity contribution in [3.8, 4) is 0 Å². The second-order valence-electron chi connectivity index (χ2n) is 4.84. The molecule has 1 aromatic carbocycles. The van der Waals surface area contributed by atoms with Crippen LogP contribution in [0.3, 0.4) is 0 Å². The van der Waals surface area contributed by atoms with E-state index in [9.17, 15) is 9.90 Å². The minimum atomic E-state index is -0.561. The number of aliphatic hydroxyl groups is 1. The zero-order valence-corrected chi connectivity index (χ0v) is 11.8. The van der Waals surface area contributed by atoms with Gasteiger partial charge in [0.15, 0.2) is 0 Å². The number of rotatable bonds is 5. The molecule has 0 fully saturated rings. The summed E-state index contributed by atoms with van der Waals surface area (Å²) < 4.78 is 0. The summed E-state index contributed by atoms with van der Waals surface area (Å²) in [6, 6.07) is 6.96. The Morgan fingerprint density at radius 2 is 2.32 bits per heavy atom. The molecular weight excluding hydrogens is 260 g/mol. The van der Waals surface area contributed by atoms with Crippen molar-refractivity contribution in [3.63, 3.8) is 0 Å². The first-order valence-corrected chi connectivity index (χ1v) is 7.83. The van der Waals surface area contributed by atoms with Crippen LogP contribution in [0.25, 0.3) is 0 Å². The Morgan fingerprint density at radius 1 is 1.58 bits per heavy atom. The molecule has 0 bridgehead atoms. The molecule has 2 rings (SSSR count). The Labute approximate surface area is 117 Å². The van der Waals surface area contributed by atoms with E-state index in [1.54, 1.807) is 11.8 Å². The SMILES string of the molecule is CSCC[C@H](N)C(=O)N[C@@H]1c2ccccc2C[C@@H]1O. The fourth-order valence-electron chi connectivity index (χ4n) is 2.38. The van der Waals surface area contributed by atoms with Crippen LogP contribution >= 0.6 is 11.8 Å². The van der Waals surface area contributed by atoms with Gasteiger partial charge in [0.2, 0.25) is 5.91 Å². The summed E-state index contributed by atoms with van der Waals surface area (Å²) in [6.45, 7) is 0. The molecule has 1 aliphatic rings. The lowest BCUT2D eigenvalue weighted by Crippen LogP contribution is -2.44. The van der Waals surface area contributed by atoms with E-state index in [-0.39, 0.29) is 11.9 Å². The highest BCUT2D eigenvalue weighted by Gasteiger charge is 2.32. The van der Waals surface area contributed by atoms with Gasteiger partial charge in [0.1, 0.15) is 0 Å². The van der Waals surface area contributed by atoms with Crippen LogP contribution in [0.5, 0.6) is 0 Å². The van der Waals surface area contributed by atoms with E-state index >= 15 is 0 Å². The number of amides is 1. The second-order valence-corrected chi connectivity index (χ2v) is 5.83. The van der Waals surface area contributed by atoms with Gasteiger partial charge in [-0.15, -0.1) is 0 Å². The molecule has 3 atom stereocenters. The number of benzene rings is 1. The summed E-state index contributed by atoms with van der Waals surface area (Å²) in [4.78, 5) is 12.0. The van der Waals surface area contributed by atoms with E-state index in [0.717, 1.165) is 16.9 Å². The van der Waals surface area contributed by atoms with Gasteiger partial charge in [0, 0.05) is 6.42 Å². The van der Waals surface area contributed by atoms with Gasteiger partial charge in [0.25, 0.3) is 0 Å². The lowest BCUT2D eigenvalue weighted by atomic mass is 10.1. The van der Waals surface area contributed by atoms with Crippen molar-refractivity contribution in [2.24, 2.45) is 5.73 Å². The zero-order valence-electron chi connectivity index (χ0n) is 11.0. The van der Waals surface area contributed by atoms with Crippen LogP contribution in [-0.4, -0.2) is 35.2 Å². The Morgan fingerprint density at radius 3 is 3.05 bits per heavy atom. The molecule has 0 saturated carbocycles. The number of thioether (sulfide) groups is 1. The number of fused-ring (bicyclic) bond motifs is 1. The van der Waals surface area contributed by atoms with Gasteiger partial charge in [0.05, 0.1) is 18.2 Å². The second kappa shape index (κ2) is 6.41. The Hall–Kier alpha value is -1.04. The van der Waals surface area contributed by atoms with E-state index in [0.29, 0.717) is 12.8 Å². The summed E-state index contributed by atoms with van der Waals surface area (Å²) in [5, 5.41) is 12.9. The standard InChI is InChI=1S/C14H20N2O2S/c1-19-7-6-11(15)14(18)16-13-10-5-3-2-4-9(10)8-12(13)17/h2-5,11-13,17H,6-8,15H2,1H3,(H,16,18)/t11-,12-,13+/m0/s1. The topological polar surface area (TPSA) is 75.4 Å². The van der Waals surface area contributed by atoms with Gasteiger partial charge in [-0.3, -0.25) is 4.79 Å². The fraction of sp³-hybridized carbons (Fsp3) is 0.500. The maximum atomic E-state index is 12.0. The van der Waals surface area contributed by atoms with E-state index in [2.05, 4.69) is 5.32 Å². The van der Waals surface area contributed by atoms with Gasteiger partial charge >= 0.3 is 0 Å². The molecule has 0 aromatic heterocycles. The Bertz CT molecular complexity index is 453. The maximum Gasteiger partial charge on any atom is 0.237 e. The molecular formula is C14H20N2O2S. The molecule has 1 aromatic rings. The highest BCUT2D eigenvalue weighted by Crippen LogP contribution is 2.31. The molecule has 0 spiro atoms. The Kier molecular flexibility index (Phi) is 4.85. The van der Waals surface area contributed by atoms with E-state index < -0.39 is 12.1 Å². The van der Waals surface area contributed by atoms with Crippen molar-refractivity contribution in [2.45, 2.75) is 31.0 Å². The predicted octanol–water partition coefficient (Wildman–Crippen LogP) is 0.841. The van der Waals surface area contributed by atoms with Crippen LogP contribution in [0.15, 0.2) is 24.3 Å². The van der Waals surface area contributed by atoms with Crippen molar-refractivity contribution < 1.29 is 9.90 Å². The van der Waals surface area contributed by atoms with Gasteiger partial charge in [-0.1, -0.05) is 24.3 Å². The van der Waals surface area contributed by atoms with Crippen molar-refractivity contribution in [1.82, 2.24) is 5.32 Å². The van der Waals surface area contributed by atoms with Crippen LogP contribution in [0.1, 0.15) is 23.6 Å². The van der Waals surface area contributed by atoms with Crippen molar-refractivity contribution >= 4 is 17.7 Å². The lowest BCUT2D eigenvalue weighted by molar-refractivity contribution is -0.123. The molecule has 19 heavy (non-hydrogen) atoms. The molecule has 0 radical (unpaired) electrons. The predicted molar refractivity (Wildman–Crippen MR) is 78.0 cm³/mol. The van der Waals surface area contributed by atoms with Gasteiger partial charge in [-0.25, -0.2) is 0 Å². The largest absolute Gasteiger partial charge is 0.390 e. The smallest absolute Gasteiger partial charge is 0.237 e. The van der Waals surface area contributed by atoms with Gasteiger partial charge in [-0.2, -0.15) is 11.8 Å². The van der Waals surface area contributed by atoms with E-state index in [4.69, 9.17) is 5.73 Å². The van der Waals surface area contributed by atoms with Crippen LogP contribution in [0.4, 0.5) is 0 Å². The number of nitrogens with two attached hydrogens (primary N) is 1. The summed E-state index contributed by atoms with van der Waals surface area (Å²) in [6.07, 6.45) is 2.66. The molecule has 0 unspecified atom stereocenters.